The predicted octanol–water partition coefficient (Wildman–Crippen LogP) is 2.63. The Morgan fingerprint density at radius 3 is 2.91 bits per heavy atom. The SMILES string of the molecule is CC/C=C\CC1=CCCC1=O. The molecule has 0 heterocycles. The van der Waals surface area contributed by atoms with Gasteiger partial charge in [0.2, 0.25) is 0 Å². The number of hydrogen-bond acceptors (Lipinski definition) is 1. The van der Waals surface area contributed by atoms with Crippen molar-refractivity contribution >= 4 is 5.78 Å². The summed E-state index contributed by atoms with van der Waals surface area (Å²) < 4.78 is 0. The summed E-state index contributed by atoms with van der Waals surface area (Å²) in [5.74, 6) is 0.339. The molecule has 0 aromatic heterocycles. The van der Waals surface area contributed by atoms with Crippen molar-refractivity contribution in [2.24, 2.45) is 0 Å². The van der Waals surface area contributed by atoms with Crippen LogP contribution in [0.5, 0.6) is 0 Å². The van der Waals surface area contributed by atoms with E-state index in [2.05, 4.69) is 25.2 Å². The highest BCUT2D eigenvalue weighted by Crippen LogP contribution is 2.17. The fourth-order valence-corrected chi connectivity index (χ4v) is 1.23. The number of hydrogen-bond donors (Lipinski definition) is 0. The van der Waals surface area contributed by atoms with E-state index >= 15 is 0 Å². The van der Waals surface area contributed by atoms with Crippen LogP contribution in [0.4, 0.5) is 0 Å². The maximum Gasteiger partial charge on any atom is 0.159 e. The summed E-state index contributed by atoms with van der Waals surface area (Å²) in [4.78, 5) is 11.1. The summed E-state index contributed by atoms with van der Waals surface area (Å²) in [5.41, 5.74) is 1.01. The van der Waals surface area contributed by atoms with Crippen LogP contribution in [0.1, 0.15) is 32.6 Å². The number of ketones is 1. The van der Waals surface area contributed by atoms with Gasteiger partial charge < -0.3 is 0 Å². The molecule has 1 aliphatic carbocycles. The molecule has 0 aliphatic heterocycles. The van der Waals surface area contributed by atoms with E-state index in [9.17, 15) is 4.79 Å². The topological polar surface area (TPSA) is 17.1 Å². The van der Waals surface area contributed by atoms with Crippen LogP contribution in [0.15, 0.2) is 23.8 Å². The highest BCUT2D eigenvalue weighted by atomic mass is 16.1. The molecule has 1 nitrogen and oxygen atoms in total. The van der Waals surface area contributed by atoms with Crippen molar-refractivity contribution in [3.63, 3.8) is 0 Å². The number of carbonyl (C=O) groups excluding carboxylic acids is 1. The third-order valence-corrected chi connectivity index (χ3v) is 1.86. The van der Waals surface area contributed by atoms with Gasteiger partial charge in [0.1, 0.15) is 0 Å². The molecule has 0 spiro atoms. The van der Waals surface area contributed by atoms with Crippen LogP contribution in [0.25, 0.3) is 0 Å². The summed E-state index contributed by atoms with van der Waals surface area (Å²) in [6.07, 6.45) is 9.82. The fraction of sp³-hybridized carbons (Fsp3) is 0.500. The van der Waals surface area contributed by atoms with E-state index in [4.69, 9.17) is 0 Å². The van der Waals surface area contributed by atoms with Crippen LogP contribution >= 0.6 is 0 Å². The van der Waals surface area contributed by atoms with Crippen LogP contribution < -0.4 is 0 Å². The quantitative estimate of drug-likeness (QED) is 0.565. The lowest BCUT2D eigenvalue weighted by molar-refractivity contribution is -0.114. The minimum Gasteiger partial charge on any atom is -0.295 e. The number of rotatable bonds is 3. The van der Waals surface area contributed by atoms with Crippen LogP contribution in [-0.4, -0.2) is 5.78 Å². The largest absolute Gasteiger partial charge is 0.295 e. The average molecular weight is 150 g/mol. The molecule has 1 heteroatoms. The maximum atomic E-state index is 11.1. The maximum absolute atomic E-state index is 11.1. The van der Waals surface area contributed by atoms with Crippen LogP contribution in [0, 0.1) is 0 Å². The molecule has 0 aromatic rings. The summed E-state index contributed by atoms with van der Waals surface area (Å²) in [6.45, 7) is 2.10. The molecule has 0 amide bonds. The van der Waals surface area contributed by atoms with E-state index in [0.29, 0.717) is 5.78 Å². The minimum atomic E-state index is 0.339. The Morgan fingerprint density at radius 1 is 1.55 bits per heavy atom. The normalized spacial score (nSPS) is 17.9. The highest BCUT2D eigenvalue weighted by molar-refractivity contribution is 5.97. The van der Waals surface area contributed by atoms with E-state index in [1.54, 1.807) is 0 Å². The molecule has 0 N–H and O–H groups in total. The van der Waals surface area contributed by atoms with Gasteiger partial charge in [-0.1, -0.05) is 25.2 Å². The molecule has 11 heavy (non-hydrogen) atoms. The van der Waals surface area contributed by atoms with Crippen molar-refractivity contribution in [1.82, 2.24) is 0 Å². The molecule has 1 rings (SSSR count). The van der Waals surface area contributed by atoms with E-state index in [-0.39, 0.29) is 0 Å². The third kappa shape index (κ3) is 2.34. The lowest BCUT2D eigenvalue weighted by atomic mass is 10.1. The van der Waals surface area contributed by atoms with Crippen molar-refractivity contribution in [3.05, 3.63) is 23.8 Å². The first-order valence-corrected chi connectivity index (χ1v) is 4.22. The van der Waals surface area contributed by atoms with E-state index in [1.807, 2.05) is 0 Å². The van der Waals surface area contributed by atoms with Crippen molar-refractivity contribution in [3.8, 4) is 0 Å². The Balaban J connectivity index is 2.37. The molecule has 0 saturated carbocycles. The molecule has 0 saturated heterocycles. The Labute approximate surface area is 67.8 Å². The smallest absolute Gasteiger partial charge is 0.159 e. The van der Waals surface area contributed by atoms with E-state index in [1.165, 1.54) is 0 Å². The first kappa shape index (κ1) is 8.25. The molecule has 0 fully saturated rings. The summed E-state index contributed by atoms with van der Waals surface area (Å²) in [6, 6.07) is 0. The molecule has 0 bridgehead atoms. The van der Waals surface area contributed by atoms with Gasteiger partial charge in [-0.2, -0.15) is 0 Å². The monoisotopic (exact) mass is 150 g/mol. The number of Topliss-reactive ketones (excluding diaryl/α,β-unsaturated/α-hetero) is 1. The van der Waals surface area contributed by atoms with Gasteiger partial charge >= 0.3 is 0 Å². The van der Waals surface area contributed by atoms with Crippen molar-refractivity contribution in [1.29, 1.82) is 0 Å². The fourth-order valence-electron chi connectivity index (χ4n) is 1.23. The zero-order valence-corrected chi connectivity index (χ0v) is 6.97. The van der Waals surface area contributed by atoms with Crippen molar-refractivity contribution < 1.29 is 4.79 Å². The first-order chi connectivity index (χ1) is 5.34. The second-order valence-corrected chi connectivity index (χ2v) is 2.77. The molecule has 1 aliphatic rings. The first-order valence-electron chi connectivity index (χ1n) is 4.22. The van der Waals surface area contributed by atoms with Gasteiger partial charge in [0.05, 0.1) is 0 Å². The second kappa shape index (κ2) is 4.12. The summed E-state index contributed by atoms with van der Waals surface area (Å²) in [7, 11) is 0. The third-order valence-electron chi connectivity index (χ3n) is 1.86. The van der Waals surface area contributed by atoms with E-state index in [0.717, 1.165) is 31.3 Å². The molecule has 0 unspecified atom stereocenters. The molecule has 0 atom stereocenters. The second-order valence-electron chi connectivity index (χ2n) is 2.77. The average Bonchev–Trinajstić information content (AvgIpc) is 2.37. The Hall–Kier alpha value is -0.850. The Kier molecular flexibility index (Phi) is 3.09. The molecular formula is C10H14O. The van der Waals surface area contributed by atoms with Crippen molar-refractivity contribution in [2.45, 2.75) is 32.6 Å². The molecular weight excluding hydrogens is 136 g/mol. The lowest BCUT2D eigenvalue weighted by Gasteiger charge is -1.92. The standard InChI is InChI=1S/C10H14O/c1-2-3-4-6-9-7-5-8-10(9)11/h3-4,7H,2,5-6,8H2,1H3/b4-3-. The van der Waals surface area contributed by atoms with E-state index < -0.39 is 0 Å². The van der Waals surface area contributed by atoms with Gasteiger partial charge in [-0.25, -0.2) is 0 Å². The predicted molar refractivity (Wildman–Crippen MR) is 46.4 cm³/mol. The summed E-state index contributed by atoms with van der Waals surface area (Å²) >= 11 is 0. The van der Waals surface area contributed by atoms with Crippen molar-refractivity contribution in [2.75, 3.05) is 0 Å². The van der Waals surface area contributed by atoms with Gasteiger partial charge in [-0.15, -0.1) is 0 Å². The zero-order valence-electron chi connectivity index (χ0n) is 6.97. The van der Waals surface area contributed by atoms with Gasteiger partial charge in [0.15, 0.2) is 5.78 Å². The van der Waals surface area contributed by atoms with Crippen LogP contribution in [0.3, 0.4) is 0 Å². The lowest BCUT2D eigenvalue weighted by Crippen LogP contribution is -1.93. The minimum absolute atomic E-state index is 0.339. The van der Waals surface area contributed by atoms with Gasteiger partial charge in [-0.05, 0) is 24.8 Å². The number of carbonyl (C=O) groups is 1. The summed E-state index contributed by atoms with van der Waals surface area (Å²) in [5, 5.41) is 0. The van der Waals surface area contributed by atoms with Crippen LogP contribution in [-0.2, 0) is 4.79 Å². The Bertz CT molecular complexity index is 199. The van der Waals surface area contributed by atoms with Gasteiger partial charge in [0.25, 0.3) is 0 Å². The van der Waals surface area contributed by atoms with Gasteiger partial charge in [0, 0.05) is 6.42 Å². The van der Waals surface area contributed by atoms with Gasteiger partial charge in [-0.3, -0.25) is 4.79 Å². The zero-order chi connectivity index (χ0) is 8.10. The molecule has 0 aromatic carbocycles. The van der Waals surface area contributed by atoms with Crippen LogP contribution in [0.2, 0.25) is 0 Å². The highest BCUT2D eigenvalue weighted by Gasteiger charge is 2.12. The Morgan fingerprint density at radius 2 is 2.36 bits per heavy atom. The number of allylic oxidation sites excluding steroid dienone is 4. The molecule has 60 valence electrons. The molecule has 0 radical (unpaired) electrons.